The van der Waals surface area contributed by atoms with Gasteiger partial charge in [0.15, 0.2) is 0 Å². The first kappa shape index (κ1) is 38.3. The molecule has 3 rings (SSSR count). The summed E-state index contributed by atoms with van der Waals surface area (Å²) < 4.78 is 36.8. The fourth-order valence-electron chi connectivity index (χ4n) is 4.65. The fourth-order valence-corrected chi connectivity index (χ4v) is 4.65. The molecule has 1 aliphatic carbocycles. The van der Waals surface area contributed by atoms with E-state index in [-0.39, 0.29) is 117 Å². The molecule has 0 bridgehead atoms. The smallest absolute Gasteiger partial charge is 0.407 e. The molecule has 0 saturated carbocycles. The van der Waals surface area contributed by atoms with Crippen LogP contribution in [-0.2, 0) is 47.5 Å². The molecule has 0 spiro atoms. The predicted octanol–water partition coefficient (Wildman–Crippen LogP) is 0.942. The van der Waals surface area contributed by atoms with Crippen LogP contribution in [-0.4, -0.2) is 135 Å². The second kappa shape index (κ2) is 23.2. The third kappa shape index (κ3) is 15.2. The highest BCUT2D eigenvalue weighted by Crippen LogP contribution is 2.44. The molecule has 0 aliphatic heterocycles. The molecule has 3 amide bonds. The second-order valence-corrected chi connectivity index (χ2v) is 10.3. The summed E-state index contributed by atoms with van der Waals surface area (Å²) in [5.41, 5.74) is 4.65. The third-order valence-electron chi connectivity index (χ3n) is 6.80. The Kier molecular flexibility index (Phi) is 18.6. The van der Waals surface area contributed by atoms with E-state index in [2.05, 4.69) is 40.2 Å². The summed E-state index contributed by atoms with van der Waals surface area (Å²) in [6.45, 7) is 2.63. The van der Waals surface area contributed by atoms with Crippen molar-refractivity contribution in [1.82, 2.24) is 16.0 Å². The van der Waals surface area contributed by atoms with E-state index in [0.29, 0.717) is 6.54 Å². The van der Waals surface area contributed by atoms with Gasteiger partial charge in [0.1, 0.15) is 26.4 Å². The summed E-state index contributed by atoms with van der Waals surface area (Å²) in [5.74, 6) is -1.64. The minimum atomic E-state index is -1.04. The quantitative estimate of drug-likeness (QED) is 0.104. The zero-order valence-electron chi connectivity index (χ0n) is 26.9. The topological polar surface area (TPSA) is 189 Å². The maximum absolute atomic E-state index is 12.2. The highest BCUT2D eigenvalue weighted by atomic mass is 16.6. The Morgan fingerprint density at radius 1 is 0.542 bits per heavy atom. The van der Waals surface area contributed by atoms with Gasteiger partial charge in [-0.1, -0.05) is 48.5 Å². The maximum atomic E-state index is 12.2. The minimum Gasteiger partial charge on any atom is -0.480 e. The Morgan fingerprint density at radius 3 is 1.44 bits per heavy atom. The molecule has 0 radical (unpaired) electrons. The molecule has 0 atom stereocenters. The molecule has 1 aliphatic rings. The van der Waals surface area contributed by atoms with Gasteiger partial charge in [0.2, 0.25) is 11.8 Å². The number of carbonyl (C=O) groups is 4. The number of carbonyl (C=O) groups excluding carboxylic acids is 3. The number of carboxylic acids is 1. The van der Waals surface area contributed by atoms with Crippen molar-refractivity contribution in [3.63, 3.8) is 0 Å². The van der Waals surface area contributed by atoms with Crippen LogP contribution in [0.4, 0.5) is 4.79 Å². The van der Waals surface area contributed by atoms with Crippen LogP contribution in [0.3, 0.4) is 0 Å². The van der Waals surface area contributed by atoms with Crippen molar-refractivity contribution < 1.29 is 57.4 Å². The summed E-state index contributed by atoms with van der Waals surface area (Å²) in [5, 5.41) is 16.4. The molecular formula is C33H45N3O12. The molecule has 15 heteroatoms. The molecule has 0 heterocycles. The number of fused-ring (bicyclic) bond motifs is 3. The highest BCUT2D eigenvalue weighted by Gasteiger charge is 2.28. The summed E-state index contributed by atoms with van der Waals surface area (Å²) >= 11 is 0. The van der Waals surface area contributed by atoms with Crippen LogP contribution < -0.4 is 16.0 Å². The lowest BCUT2D eigenvalue weighted by molar-refractivity contribution is -0.142. The Hall–Kier alpha value is -4.12. The Bertz CT molecular complexity index is 1230. The van der Waals surface area contributed by atoms with Crippen molar-refractivity contribution in [3.05, 3.63) is 59.7 Å². The van der Waals surface area contributed by atoms with E-state index in [0.717, 1.165) is 11.1 Å². The van der Waals surface area contributed by atoms with E-state index in [1.54, 1.807) is 0 Å². The molecular weight excluding hydrogens is 630 g/mol. The number of amides is 3. The van der Waals surface area contributed by atoms with Crippen molar-refractivity contribution in [2.24, 2.45) is 0 Å². The molecule has 2 aromatic carbocycles. The van der Waals surface area contributed by atoms with Crippen molar-refractivity contribution in [3.8, 4) is 11.1 Å². The van der Waals surface area contributed by atoms with Gasteiger partial charge in [-0.3, -0.25) is 9.59 Å². The molecule has 264 valence electrons. The second-order valence-electron chi connectivity index (χ2n) is 10.3. The lowest BCUT2D eigenvalue weighted by Gasteiger charge is -2.14. The van der Waals surface area contributed by atoms with Gasteiger partial charge in [0, 0.05) is 25.6 Å². The molecule has 0 fully saturated rings. The van der Waals surface area contributed by atoms with E-state index in [1.165, 1.54) is 11.1 Å². The van der Waals surface area contributed by atoms with Crippen LogP contribution in [0.2, 0.25) is 0 Å². The van der Waals surface area contributed by atoms with Crippen molar-refractivity contribution in [1.29, 1.82) is 0 Å². The molecule has 48 heavy (non-hydrogen) atoms. The highest BCUT2D eigenvalue weighted by molar-refractivity contribution is 5.79. The summed E-state index contributed by atoms with van der Waals surface area (Å²) in [4.78, 5) is 46.0. The van der Waals surface area contributed by atoms with E-state index < -0.39 is 12.1 Å². The van der Waals surface area contributed by atoms with Crippen LogP contribution in [0.25, 0.3) is 11.1 Å². The Balaban J connectivity index is 1.05. The lowest BCUT2D eigenvalue weighted by Crippen LogP contribution is -2.32. The zero-order chi connectivity index (χ0) is 34.2. The predicted molar refractivity (Wildman–Crippen MR) is 172 cm³/mol. The molecule has 0 saturated heterocycles. The van der Waals surface area contributed by atoms with Crippen LogP contribution >= 0.6 is 0 Å². The minimum absolute atomic E-state index is 0.000307. The molecule has 15 nitrogen and oxygen atoms in total. The lowest BCUT2D eigenvalue weighted by atomic mass is 9.98. The van der Waals surface area contributed by atoms with E-state index in [9.17, 15) is 19.2 Å². The summed E-state index contributed by atoms with van der Waals surface area (Å²) in [6.07, 6.45) is -0.507. The summed E-state index contributed by atoms with van der Waals surface area (Å²) in [6, 6.07) is 16.3. The molecule has 0 unspecified atom stereocenters. The number of benzene rings is 2. The molecule has 4 N–H and O–H groups in total. The largest absolute Gasteiger partial charge is 0.480 e. The number of hydrogen-bond acceptors (Lipinski definition) is 11. The van der Waals surface area contributed by atoms with Gasteiger partial charge in [-0.2, -0.15) is 0 Å². The van der Waals surface area contributed by atoms with Crippen LogP contribution in [0, 0.1) is 0 Å². The number of nitrogens with one attached hydrogen (secondary N) is 3. The number of rotatable bonds is 26. The number of alkyl carbamates (subject to hydrolysis) is 1. The van der Waals surface area contributed by atoms with Crippen molar-refractivity contribution >= 4 is 23.9 Å². The standard InChI is InChI=1S/C33H45N3O12/c37-30(35-10-13-43-17-20-47-24-32(39)40)22-45-18-15-42-12-9-34-31(38)23-46-19-16-44-14-11-36-33(41)48-21-29-27-7-3-1-5-25(27)26-6-2-4-8-28(26)29/h1-8,29H,9-24H2,(H,34,38)(H,35,37)(H,36,41)(H,39,40). The van der Waals surface area contributed by atoms with Gasteiger partial charge in [-0.05, 0) is 22.3 Å². The Morgan fingerprint density at radius 2 is 0.958 bits per heavy atom. The SMILES string of the molecule is O=C(O)COCCOCCNC(=O)COCCOCCNC(=O)COCCOCCNC(=O)OCC1c2ccccc2-c2ccccc21. The van der Waals surface area contributed by atoms with Gasteiger partial charge in [-0.25, -0.2) is 9.59 Å². The Labute approximate surface area is 279 Å². The number of ether oxygens (including phenoxy) is 7. The van der Waals surface area contributed by atoms with Gasteiger partial charge in [-0.15, -0.1) is 0 Å². The number of hydrogen-bond donors (Lipinski definition) is 4. The average Bonchev–Trinajstić information content (AvgIpc) is 3.40. The van der Waals surface area contributed by atoms with E-state index in [4.69, 9.17) is 38.3 Å². The van der Waals surface area contributed by atoms with E-state index >= 15 is 0 Å². The molecule has 2 aromatic rings. The fraction of sp³-hybridized carbons (Fsp3) is 0.515. The van der Waals surface area contributed by atoms with Crippen molar-refractivity contribution in [2.45, 2.75) is 5.92 Å². The normalized spacial score (nSPS) is 11.8. The number of carboxylic acid groups (broad SMARTS) is 1. The van der Waals surface area contributed by atoms with Gasteiger partial charge in [0.25, 0.3) is 0 Å². The summed E-state index contributed by atoms with van der Waals surface area (Å²) in [7, 11) is 0. The first-order valence-electron chi connectivity index (χ1n) is 15.8. The maximum Gasteiger partial charge on any atom is 0.407 e. The zero-order valence-corrected chi connectivity index (χ0v) is 26.9. The van der Waals surface area contributed by atoms with Gasteiger partial charge >= 0.3 is 12.1 Å². The monoisotopic (exact) mass is 675 g/mol. The van der Waals surface area contributed by atoms with Gasteiger partial charge < -0.3 is 54.2 Å². The first-order chi connectivity index (χ1) is 23.5. The van der Waals surface area contributed by atoms with Crippen LogP contribution in [0.15, 0.2) is 48.5 Å². The first-order valence-corrected chi connectivity index (χ1v) is 15.8. The van der Waals surface area contributed by atoms with Crippen molar-refractivity contribution in [2.75, 3.05) is 106 Å². The van der Waals surface area contributed by atoms with Crippen LogP contribution in [0.5, 0.6) is 0 Å². The molecule has 0 aromatic heterocycles. The van der Waals surface area contributed by atoms with E-state index in [1.807, 2.05) is 24.3 Å². The third-order valence-corrected chi connectivity index (χ3v) is 6.80. The van der Waals surface area contributed by atoms with Gasteiger partial charge in [0.05, 0.1) is 59.5 Å². The van der Waals surface area contributed by atoms with Crippen LogP contribution in [0.1, 0.15) is 17.0 Å². The average molecular weight is 676 g/mol. The number of aliphatic carboxylic acids is 1.